The van der Waals surface area contributed by atoms with Crippen molar-refractivity contribution in [2.45, 2.75) is 44.9 Å². The van der Waals surface area contributed by atoms with Crippen LogP contribution in [0.1, 0.15) is 46.7 Å². The van der Waals surface area contributed by atoms with Crippen LogP contribution in [0.25, 0.3) is 0 Å². The van der Waals surface area contributed by atoms with Crippen LogP contribution in [0.3, 0.4) is 0 Å². The third-order valence-electron chi connectivity index (χ3n) is 6.59. The molecule has 0 unspecified atom stereocenters. The molecule has 9 nitrogen and oxygen atoms in total. The van der Waals surface area contributed by atoms with Crippen LogP contribution in [0.4, 0.5) is 23.2 Å². The van der Waals surface area contributed by atoms with E-state index < -0.39 is 60.6 Å². The Morgan fingerprint density at radius 3 is 2.45 bits per heavy atom. The number of carbonyl (C=O) groups is 3. The molecule has 210 valence electrons. The smallest absolute Gasteiger partial charge is 0.369 e. The molecule has 3 amide bonds. The Morgan fingerprint density at radius 2 is 1.85 bits per heavy atom. The summed E-state index contributed by atoms with van der Waals surface area (Å²) in [6, 6.07) is 10.4. The molecule has 40 heavy (non-hydrogen) atoms. The lowest BCUT2D eigenvalue weighted by molar-refractivity contribution is -0.144. The van der Waals surface area contributed by atoms with Gasteiger partial charge >= 0.3 is 6.18 Å². The number of nitrogens with two attached hydrogens (primary N) is 1. The predicted molar refractivity (Wildman–Crippen MR) is 136 cm³/mol. The van der Waals surface area contributed by atoms with Gasteiger partial charge in [-0.3, -0.25) is 14.4 Å². The summed E-state index contributed by atoms with van der Waals surface area (Å²) < 4.78 is 58.1. The van der Waals surface area contributed by atoms with Crippen molar-refractivity contribution < 1.29 is 36.5 Å². The molecule has 0 aliphatic carbocycles. The number of carbonyl (C=O) groups excluding carboxylic acids is 3. The molecule has 0 radical (unpaired) electrons. The van der Waals surface area contributed by atoms with E-state index in [0.717, 1.165) is 6.26 Å². The molecule has 1 aliphatic rings. The summed E-state index contributed by atoms with van der Waals surface area (Å²) >= 11 is 0. The van der Waals surface area contributed by atoms with Crippen LogP contribution in [0.15, 0.2) is 58.2 Å². The molecule has 0 bridgehead atoms. The SMILES string of the molecule is Cc1cccc2c1NC(=O)[C@@H](NC(=O)[C@H](CCC(F)(F)F)[C@@H](C(N)=O)c1conc1C)N=C2c1ccc(F)cc1. The van der Waals surface area contributed by atoms with Gasteiger partial charge in [0.15, 0.2) is 0 Å². The van der Waals surface area contributed by atoms with Crippen LogP contribution in [0.5, 0.6) is 0 Å². The third-order valence-corrected chi connectivity index (χ3v) is 6.59. The molecule has 3 aromatic rings. The number of benzene rings is 2. The van der Waals surface area contributed by atoms with Crippen LogP contribution in [-0.2, 0) is 14.4 Å². The molecule has 3 atom stereocenters. The maximum absolute atomic E-state index is 13.6. The summed E-state index contributed by atoms with van der Waals surface area (Å²) in [5, 5.41) is 8.73. The maximum Gasteiger partial charge on any atom is 0.389 e. The molecule has 1 aromatic heterocycles. The van der Waals surface area contributed by atoms with Crippen molar-refractivity contribution in [1.82, 2.24) is 10.5 Å². The lowest BCUT2D eigenvalue weighted by atomic mass is 9.82. The second-order valence-corrected chi connectivity index (χ2v) is 9.38. The van der Waals surface area contributed by atoms with Crippen LogP contribution < -0.4 is 16.4 Å². The summed E-state index contributed by atoms with van der Waals surface area (Å²) in [4.78, 5) is 43.6. The van der Waals surface area contributed by atoms with E-state index >= 15 is 0 Å². The number of halogens is 4. The van der Waals surface area contributed by atoms with Crippen LogP contribution in [0.2, 0.25) is 0 Å². The van der Waals surface area contributed by atoms with Gasteiger partial charge < -0.3 is 20.9 Å². The summed E-state index contributed by atoms with van der Waals surface area (Å²) in [7, 11) is 0. The third kappa shape index (κ3) is 6.19. The first-order valence-corrected chi connectivity index (χ1v) is 12.2. The van der Waals surface area contributed by atoms with Gasteiger partial charge in [0.05, 0.1) is 28.9 Å². The van der Waals surface area contributed by atoms with Gasteiger partial charge in [0.2, 0.25) is 18.0 Å². The zero-order valence-corrected chi connectivity index (χ0v) is 21.4. The predicted octanol–water partition coefficient (Wildman–Crippen LogP) is 3.89. The molecule has 0 saturated carbocycles. The fourth-order valence-corrected chi connectivity index (χ4v) is 4.59. The molecule has 13 heteroatoms. The molecule has 0 fully saturated rings. The molecule has 1 aliphatic heterocycles. The highest BCUT2D eigenvalue weighted by atomic mass is 19.4. The monoisotopic (exact) mass is 559 g/mol. The average molecular weight is 560 g/mol. The van der Waals surface area contributed by atoms with Crippen molar-refractivity contribution in [2.75, 3.05) is 5.32 Å². The first-order chi connectivity index (χ1) is 18.9. The molecular formula is C27H25F4N5O4. The lowest BCUT2D eigenvalue weighted by Crippen LogP contribution is -2.47. The Kier molecular flexibility index (Phi) is 8.03. The number of hydrogen-bond donors (Lipinski definition) is 3. The number of nitrogens with one attached hydrogen (secondary N) is 2. The molecule has 2 heterocycles. The molecule has 0 spiro atoms. The van der Waals surface area contributed by atoms with E-state index in [4.69, 9.17) is 10.3 Å². The van der Waals surface area contributed by atoms with E-state index in [0.29, 0.717) is 22.4 Å². The second-order valence-electron chi connectivity index (χ2n) is 9.38. The Bertz CT molecular complexity index is 1470. The Hall–Kier alpha value is -4.55. The van der Waals surface area contributed by atoms with E-state index in [2.05, 4.69) is 20.8 Å². The van der Waals surface area contributed by atoms with Gasteiger partial charge in [-0.15, -0.1) is 0 Å². The number of fused-ring (bicyclic) bond motifs is 1. The van der Waals surface area contributed by atoms with E-state index in [1.165, 1.54) is 31.2 Å². The van der Waals surface area contributed by atoms with Gasteiger partial charge in [-0.1, -0.05) is 23.4 Å². The minimum Gasteiger partial charge on any atom is -0.369 e. The highest BCUT2D eigenvalue weighted by Gasteiger charge is 2.40. The summed E-state index contributed by atoms with van der Waals surface area (Å²) in [6.45, 7) is 3.19. The Balaban J connectivity index is 1.75. The standard InChI is InChI=1S/C27H25F4N5O4/c1-13-4-3-5-18-21(13)34-26(39)24(33-22(18)15-6-8-16(28)9-7-15)35-25(38)17(10-11-27(29,30)31)20(23(32)37)19-12-40-36-14(19)2/h3-9,12,17,20,24H,10-11H2,1-2H3,(H2,32,37)(H,34,39)(H,35,38)/t17-,20-,24-/m1/s1. The van der Waals surface area contributed by atoms with Gasteiger partial charge in [-0.2, -0.15) is 13.2 Å². The van der Waals surface area contributed by atoms with Gasteiger partial charge in [-0.25, -0.2) is 9.38 Å². The lowest BCUT2D eigenvalue weighted by Gasteiger charge is -2.25. The molecular weight excluding hydrogens is 534 g/mol. The number of primary amides is 1. The first kappa shape index (κ1) is 28.5. The zero-order valence-electron chi connectivity index (χ0n) is 21.4. The number of rotatable bonds is 8. The highest BCUT2D eigenvalue weighted by Crippen LogP contribution is 2.34. The maximum atomic E-state index is 13.6. The topological polar surface area (TPSA) is 140 Å². The number of aromatic nitrogens is 1. The summed E-state index contributed by atoms with van der Waals surface area (Å²) in [6.07, 6.45) is -7.41. The number of amides is 3. The zero-order chi connectivity index (χ0) is 29.2. The van der Waals surface area contributed by atoms with Gasteiger partial charge in [-0.05, 0) is 50.1 Å². The van der Waals surface area contributed by atoms with E-state index in [1.807, 2.05) is 0 Å². The Labute approximate surface area is 225 Å². The fraction of sp³-hybridized carbons (Fsp3) is 0.296. The first-order valence-electron chi connectivity index (χ1n) is 12.2. The number of aliphatic imine (C=N–C) groups is 1. The van der Waals surface area contributed by atoms with E-state index in [9.17, 15) is 31.9 Å². The Morgan fingerprint density at radius 1 is 1.15 bits per heavy atom. The van der Waals surface area contributed by atoms with Crippen molar-refractivity contribution in [3.8, 4) is 0 Å². The quantitative estimate of drug-likeness (QED) is 0.360. The molecule has 2 aromatic carbocycles. The fourth-order valence-electron chi connectivity index (χ4n) is 4.59. The normalized spacial score (nSPS) is 16.7. The largest absolute Gasteiger partial charge is 0.389 e. The van der Waals surface area contributed by atoms with Crippen molar-refractivity contribution in [3.05, 3.63) is 82.5 Å². The number of para-hydroxylation sites is 1. The van der Waals surface area contributed by atoms with Crippen molar-refractivity contribution in [1.29, 1.82) is 0 Å². The number of hydrogen-bond acceptors (Lipinski definition) is 6. The van der Waals surface area contributed by atoms with E-state index in [-0.39, 0.29) is 17.0 Å². The summed E-state index contributed by atoms with van der Waals surface area (Å²) in [5.74, 6) is -6.57. The number of aryl methyl sites for hydroxylation is 2. The number of alkyl halides is 3. The number of nitrogens with zero attached hydrogens (tertiary/aromatic N) is 2. The van der Waals surface area contributed by atoms with Gasteiger partial charge in [0.1, 0.15) is 12.1 Å². The summed E-state index contributed by atoms with van der Waals surface area (Å²) in [5.41, 5.74) is 7.98. The molecule has 4 N–H and O–H groups in total. The van der Waals surface area contributed by atoms with E-state index in [1.54, 1.807) is 25.1 Å². The molecule has 4 rings (SSSR count). The van der Waals surface area contributed by atoms with Crippen LogP contribution in [0, 0.1) is 25.6 Å². The highest BCUT2D eigenvalue weighted by molar-refractivity contribution is 6.20. The van der Waals surface area contributed by atoms with Gasteiger partial charge in [0, 0.05) is 23.1 Å². The van der Waals surface area contributed by atoms with Crippen molar-refractivity contribution in [2.24, 2.45) is 16.6 Å². The number of benzodiazepines with no additional fused rings is 1. The van der Waals surface area contributed by atoms with Crippen molar-refractivity contribution >= 4 is 29.1 Å². The minimum atomic E-state index is -4.64. The van der Waals surface area contributed by atoms with Crippen LogP contribution in [-0.4, -0.2) is 40.9 Å². The molecule has 0 saturated heterocycles. The van der Waals surface area contributed by atoms with Gasteiger partial charge in [0.25, 0.3) is 5.91 Å². The van der Waals surface area contributed by atoms with Crippen LogP contribution >= 0.6 is 0 Å². The average Bonchev–Trinajstić information content (AvgIpc) is 3.23. The number of anilines is 1. The second kappa shape index (κ2) is 11.3. The van der Waals surface area contributed by atoms with Crippen molar-refractivity contribution in [3.63, 3.8) is 0 Å². The minimum absolute atomic E-state index is 0.0543.